The van der Waals surface area contributed by atoms with Gasteiger partial charge in [0.1, 0.15) is 0 Å². The second kappa shape index (κ2) is 4.22. The maximum absolute atomic E-state index is 5.95. The van der Waals surface area contributed by atoms with Gasteiger partial charge in [0.25, 0.3) is 0 Å². The third-order valence-electron chi connectivity index (χ3n) is 2.01. The van der Waals surface area contributed by atoms with Crippen molar-refractivity contribution in [1.29, 1.82) is 0 Å². The van der Waals surface area contributed by atoms with Crippen LogP contribution < -0.4 is 4.90 Å². The molecule has 1 aliphatic rings. The van der Waals surface area contributed by atoms with E-state index < -0.39 is 0 Å². The van der Waals surface area contributed by atoms with E-state index in [9.17, 15) is 0 Å². The van der Waals surface area contributed by atoms with E-state index in [1.165, 1.54) is 0 Å². The Morgan fingerprint density at radius 1 is 1.14 bits per heavy atom. The van der Waals surface area contributed by atoms with Gasteiger partial charge in [0, 0.05) is 16.9 Å². The molecule has 0 aliphatic carbocycles. The first-order chi connectivity index (χ1) is 6.75. The van der Waals surface area contributed by atoms with Gasteiger partial charge >= 0.3 is 0 Å². The number of para-hydroxylation sites is 1. The van der Waals surface area contributed by atoms with Crippen molar-refractivity contribution in [3.63, 3.8) is 0 Å². The molecule has 1 aliphatic heterocycles. The van der Waals surface area contributed by atoms with E-state index in [-0.39, 0.29) is 0 Å². The fourth-order valence-corrected chi connectivity index (χ4v) is 1.97. The molecule has 2 rings (SSSR count). The van der Waals surface area contributed by atoms with Gasteiger partial charge in [-0.05, 0) is 23.9 Å². The smallest absolute Gasteiger partial charge is 0.0896 e. The van der Waals surface area contributed by atoms with Crippen LogP contribution in [0.2, 0.25) is 0 Å². The fraction of sp³-hybridized carbons (Fsp3) is 0.200. The Hall–Kier alpha value is -0.700. The first-order valence-corrected chi connectivity index (χ1v) is 5.06. The summed E-state index contributed by atoms with van der Waals surface area (Å²) in [7, 11) is 0. The van der Waals surface area contributed by atoms with Crippen LogP contribution in [-0.4, -0.2) is 17.6 Å². The van der Waals surface area contributed by atoms with Crippen molar-refractivity contribution in [2.45, 2.75) is 0 Å². The molecule has 0 unspecified atom stereocenters. The summed E-state index contributed by atoms with van der Waals surface area (Å²) < 4.78 is 1.65. The Kier molecular flexibility index (Phi) is 2.96. The summed E-state index contributed by atoms with van der Waals surface area (Å²) in [6, 6.07) is 10.0. The van der Waals surface area contributed by atoms with E-state index in [1.807, 2.05) is 41.4 Å². The molecule has 2 nitrogen and oxygen atoms in total. The van der Waals surface area contributed by atoms with Crippen molar-refractivity contribution in [2.24, 2.45) is 0 Å². The summed E-state index contributed by atoms with van der Waals surface area (Å²) in [6.07, 6.45) is 1.91. The molecule has 0 radical (unpaired) electrons. The number of hydrogen-bond acceptors (Lipinski definition) is 2. The molecule has 0 bridgehead atoms. The molecule has 74 valence electrons. The van der Waals surface area contributed by atoms with Gasteiger partial charge in [0.15, 0.2) is 0 Å². The Morgan fingerprint density at radius 3 is 2.50 bits per heavy atom. The Labute approximate surface area is 93.4 Å². The Bertz CT molecular complexity index is 337. The van der Waals surface area contributed by atoms with Crippen LogP contribution in [0.3, 0.4) is 0 Å². The lowest BCUT2D eigenvalue weighted by atomic mass is 10.3. The molecule has 14 heavy (non-hydrogen) atoms. The molecule has 0 amide bonds. The SMILES string of the molecule is ClC1=CN(c2ccccc2)CN(Cl)C1. The molecule has 0 fully saturated rings. The Balaban J connectivity index is 2.23. The number of nitrogens with zero attached hydrogens (tertiary/aromatic N) is 2. The zero-order chi connectivity index (χ0) is 9.97. The molecule has 1 aromatic rings. The summed E-state index contributed by atoms with van der Waals surface area (Å²) >= 11 is 11.9. The third kappa shape index (κ3) is 2.21. The second-order valence-electron chi connectivity index (χ2n) is 3.14. The molecule has 0 saturated carbocycles. The molecule has 0 saturated heterocycles. The van der Waals surface area contributed by atoms with Crippen molar-refractivity contribution in [1.82, 2.24) is 4.42 Å². The third-order valence-corrected chi connectivity index (χ3v) is 2.46. The van der Waals surface area contributed by atoms with Gasteiger partial charge in [-0.1, -0.05) is 29.8 Å². The number of anilines is 1. The topological polar surface area (TPSA) is 6.48 Å². The molecule has 4 heteroatoms. The van der Waals surface area contributed by atoms with Crippen molar-refractivity contribution >= 4 is 29.1 Å². The summed E-state index contributed by atoms with van der Waals surface area (Å²) in [5.74, 6) is 0. The molecule has 0 aromatic heterocycles. The maximum Gasteiger partial charge on any atom is 0.0896 e. The molecular weight excluding hydrogens is 219 g/mol. The van der Waals surface area contributed by atoms with Crippen molar-refractivity contribution in [2.75, 3.05) is 18.1 Å². The lowest BCUT2D eigenvalue weighted by molar-refractivity contribution is 0.488. The first-order valence-electron chi connectivity index (χ1n) is 4.34. The Morgan fingerprint density at radius 2 is 1.86 bits per heavy atom. The van der Waals surface area contributed by atoms with E-state index in [4.69, 9.17) is 23.4 Å². The second-order valence-corrected chi connectivity index (χ2v) is 4.11. The molecule has 0 N–H and O–H groups in total. The molecule has 1 aromatic carbocycles. The monoisotopic (exact) mass is 228 g/mol. The lowest BCUT2D eigenvalue weighted by Crippen LogP contribution is -2.34. The summed E-state index contributed by atoms with van der Waals surface area (Å²) in [5.41, 5.74) is 1.09. The number of halogens is 2. The minimum atomic E-state index is 0.604. The van der Waals surface area contributed by atoms with Crippen LogP contribution in [0.15, 0.2) is 41.6 Å². The predicted molar refractivity (Wildman–Crippen MR) is 60.3 cm³/mol. The van der Waals surface area contributed by atoms with Gasteiger partial charge in [0.2, 0.25) is 0 Å². The first kappa shape index (κ1) is 9.84. The average molecular weight is 229 g/mol. The normalized spacial score (nSPS) is 18.1. The summed E-state index contributed by atoms with van der Waals surface area (Å²) in [6.45, 7) is 1.26. The number of benzene rings is 1. The van der Waals surface area contributed by atoms with E-state index >= 15 is 0 Å². The van der Waals surface area contributed by atoms with Gasteiger partial charge < -0.3 is 4.90 Å². The van der Waals surface area contributed by atoms with Crippen LogP contribution in [0, 0.1) is 0 Å². The quantitative estimate of drug-likeness (QED) is 0.683. The maximum atomic E-state index is 5.95. The van der Waals surface area contributed by atoms with Crippen LogP contribution in [-0.2, 0) is 0 Å². The minimum absolute atomic E-state index is 0.604. The minimum Gasteiger partial charge on any atom is -0.332 e. The highest BCUT2D eigenvalue weighted by Crippen LogP contribution is 2.21. The zero-order valence-electron chi connectivity index (χ0n) is 7.53. The fourth-order valence-electron chi connectivity index (χ4n) is 1.41. The zero-order valence-corrected chi connectivity index (χ0v) is 9.04. The summed E-state index contributed by atoms with van der Waals surface area (Å²) in [4.78, 5) is 2.01. The van der Waals surface area contributed by atoms with E-state index in [2.05, 4.69) is 0 Å². The van der Waals surface area contributed by atoms with Gasteiger partial charge in [0.05, 0.1) is 13.2 Å². The average Bonchev–Trinajstić information content (AvgIpc) is 2.18. The molecular formula is C10H10Cl2N2. The highest BCUT2D eigenvalue weighted by molar-refractivity contribution is 6.30. The van der Waals surface area contributed by atoms with Crippen LogP contribution in [0.5, 0.6) is 0 Å². The molecule has 0 spiro atoms. The van der Waals surface area contributed by atoms with Crippen LogP contribution >= 0.6 is 23.4 Å². The van der Waals surface area contributed by atoms with E-state index in [0.717, 1.165) is 10.7 Å². The number of rotatable bonds is 1. The lowest BCUT2D eigenvalue weighted by Gasteiger charge is -2.29. The van der Waals surface area contributed by atoms with Crippen molar-refractivity contribution in [3.8, 4) is 0 Å². The van der Waals surface area contributed by atoms with Gasteiger partial charge in [-0.15, -0.1) is 0 Å². The molecule has 1 heterocycles. The summed E-state index contributed by atoms with van der Waals surface area (Å²) in [5, 5.41) is 0.745. The predicted octanol–water partition coefficient (Wildman–Crippen LogP) is 3.00. The van der Waals surface area contributed by atoms with Gasteiger partial charge in [-0.3, -0.25) is 0 Å². The highest BCUT2D eigenvalue weighted by atomic mass is 35.5. The van der Waals surface area contributed by atoms with Gasteiger partial charge in [-0.25, -0.2) is 0 Å². The number of hydrogen-bond donors (Lipinski definition) is 0. The van der Waals surface area contributed by atoms with Crippen molar-refractivity contribution in [3.05, 3.63) is 41.6 Å². The highest BCUT2D eigenvalue weighted by Gasteiger charge is 2.15. The standard InChI is InChI=1S/C10H10Cl2N2/c11-9-6-13(8-14(12)7-9)10-4-2-1-3-5-10/h1-6H,7-8H2. The molecule has 0 atom stereocenters. The van der Waals surface area contributed by atoms with Crippen LogP contribution in [0.1, 0.15) is 0 Å². The van der Waals surface area contributed by atoms with Gasteiger partial charge in [-0.2, -0.15) is 4.42 Å². The largest absolute Gasteiger partial charge is 0.332 e. The van der Waals surface area contributed by atoms with Crippen LogP contribution in [0.4, 0.5) is 5.69 Å². The van der Waals surface area contributed by atoms with Crippen LogP contribution in [0.25, 0.3) is 0 Å². The van der Waals surface area contributed by atoms with E-state index in [0.29, 0.717) is 13.2 Å². The van der Waals surface area contributed by atoms with E-state index in [1.54, 1.807) is 4.42 Å². The van der Waals surface area contributed by atoms with Crippen molar-refractivity contribution < 1.29 is 0 Å².